The lowest BCUT2D eigenvalue weighted by Gasteiger charge is -2.45. The van der Waals surface area contributed by atoms with Crippen molar-refractivity contribution >= 4 is 11.0 Å². The second-order valence-electron chi connectivity index (χ2n) is 10.1. The molecule has 2 aliphatic rings. The first kappa shape index (κ1) is 30.0. The molecule has 15 heteroatoms. The summed E-state index contributed by atoms with van der Waals surface area (Å²) in [6.07, 6.45) is -15.6. The average molecular weight is 595 g/mol. The maximum absolute atomic E-state index is 12.8. The molecule has 2 aromatic carbocycles. The van der Waals surface area contributed by atoms with Gasteiger partial charge in [-0.25, -0.2) is 0 Å². The lowest BCUT2D eigenvalue weighted by Crippen LogP contribution is -2.64. The van der Waals surface area contributed by atoms with Gasteiger partial charge in [-0.3, -0.25) is 4.79 Å². The van der Waals surface area contributed by atoms with Crippen LogP contribution in [0.1, 0.15) is 6.92 Å². The molecule has 1 aromatic heterocycles. The minimum Gasteiger partial charge on any atom is -0.508 e. The zero-order valence-electron chi connectivity index (χ0n) is 21.9. The highest BCUT2D eigenvalue weighted by molar-refractivity contribution is 5.88. The average Bonchev–Trinajstić information content (AvgIpc) is 2.96. The molecule has 0 saturated carbocycles. The van der Waals surface area contributed by atoms with Crippen LogP contribution in [0.3, 0.4) is 0 Å². The molecule has 0 radical (unpaired) electrons. The van der Waals surface area contributed by atoms with E-state index in [1.807, 2.05) is 0 Å². The van der Waals surface area contributed by atoms with E-state index in [1.54, 1.807) is 0 Å². The molecule has 0 aliphatic carbocycles. The zero-order chi connectivity index (χ0) is 30.5. The lowest BCUT2D eigenvalue weighted by atomic mass is 9.97. The summed E-state index contributed by atoms with van der Waals surface area (Å²) < 4.78 is 27.9. The van der Waals surface area contributed by atoms with E-state index in [2.05, 4.69) is 0 Å². The first-order valence-electron chi connectivity index (χ1n) is 12.9. The van der Waals surface area contributed by atoms with E-state index < -0.39 is 84.9 Å². The quantitative estimate of drug-likeness (QED) is 0.159. The second-order valence-corrected chi connectivity index (χ2v) is 10.1. The van der Waals surface area contributed by atoms with Crippen LogP contribution >= 0.6 is 0 Å². The van der Waals surface area contributed by atoms with Gasteiger partial charge < -0.3 is 69.3 Å². The molecule has 42 heavy (non-hydrogen) atoms. The number of aliphatic hydroxyl groups is 6. The third-order valence-electron chi connectivity index (χ3n) is 7.23. The third-order valence-corrected chi connectivity index (χ3v) is 7.23. The Balaban J connectivity index is 1.42. The SMILES string of the molecule is C[C@H]1O[C@H](Oc2cc(O)c3c(=O)c(O)c(-c4ccc(O)cc4)oc3c2)[C@@H](O)[C@@H](O[C@@H]2O[C@H](CO)[C@@H](O)[C@H](O)[C@H]2O)[C@@H]1O. The molecule has 0 amide bonds. The van der Waals surface area contributed by atoms with Gasteiger partial charge in [-0.15, -0.1) is 0 Å². The summed E-state index contributed by atoms with van der Waals surface area (Å²) in [7, 11) is 0. The summed E-state index contributed by atoms with van der Waals surface area (Å²) in [5.74, 6) is -1.88. The summed E-state index contributed by atoms with van der Waals surface area (Å²) in [6.45, 7) is 0.708. The fourth-order valence-corrected chi connectivity index (χ4v) is 4.87. The van der Waals surface area contributed by atoms with Crippen LogP contribution < -0.4 is 10.2 Å². The van der Waals surface area contributed by atoms with Crippen LogP contribution in [0.2, 0.25) is 0 Å². The number of benzene rings is 2. The molecule has 3 aromatic rings. The summed E-state index contributed by atoms with van der Waals surface area (Å²) >= 11 is 0. The zero-order valence-corrected chi connectivity index (χ0v) is 21.9. The topological polar surface area (TPSA) is 249 Å². The van der Waals surface area contributed by atoms with Crippen molar-refractivity contribution in [1.29, 1.82) is 0 Å². The van der Waals surface area contributed by atoms with Crippen molar-refractivity contribution in [3.8, 4) is 34.3 Å². The van der Waals surface area contributed by atoms with Gasteiger partial charge in [-0.05, 0) is 31.2 Å². The standard InChI is InChI=1S/C27H30O15/c1-9-17(31)25(42-26-22(36)20(34)18(32)15(8-28)41-26)23(37)27(38-9)39-12-6-13(30)16-14(7-12)40-24(21(35)19(16)33)10-2-4-11(29)5-3-10/h2-7,9,15,17-18,20,22-23,25-32,34-37H,8H2,1H3/t9-,15-,17-,18-,20+,22-,23+,25+,26+,27-/m1/s1. The van der Waals surface area contributed by atoms with Gasteiger partial charge in [-0.2, -0.15) is 0 Å². The van der Waals surface area contributed by atoms with Gasteiger partial charge >= 0.3 is 0 Å². The van der Waals surface area contributed by atoms with Crippen LogP contribution in [0.15, 0.2) is 45.6 Å². The van der Waals surface area contributed by atoms with E-state index in [9.17, 15) is 50.8 Å². The third kappa shape index (κ3) is 5.37. The smallest absolute Gasteiger partial charge is 0.238 e. The fourth-order valence-electron chi connectivity index (χ4n) is 4.87. The Bertz CT molecular complexity index is 1470. The Morgan fingerprint density at radius 3 is 2.19 bits per heavy atom. The normalized spacial score (nSPS) is 33.5. The first-order chi connectivity index (χ1) is 19.9. The van der Waals surface area contributed by atoms with Crippen molar-refractivity contribution in [3.05, 3.63) is 46.6 Å². The molecule has 3 heterocycles. The number of hydrogen-bond donors (Lipinski definition) is 9. The Morgan fingerprint density at radius 1 is 0.833 bits per heavy atom. The number of aliphatic hydroxyl groups excluding tert-OH is 6. The van der Waals surface area contributed by atoms with E-state index in [0.717, 1.165) is 6.07 Å². The monoisotopic (exact) mass is 594 g/mol. The van der Waals surface area contributed by atoms with Gasteiger partial charge in [0.25, 0.3) is 0 Å². The Hall–Kier alpha value is -3.51. The Labute approximate surface area is 236 Å². The Kier molecular flexibility index (Phi) is 8.30. The maximum Gasteiger partial charge on any atom is 0.238 e. The van der Waals surface area contributed by atoms with Crippen molar-refractivity contribution in [3.63, 3.8) is 0 Å². The largest absolute Gasteiger partial charge is 0.508 e. The molecule has 10 atom stereocenters. The van der Waals surface area contributed by atoms with Crippen LogP contribution in [-0.2, 0) is 14.2 Å². The minimum atomic E-state index is -1.81. The number of hydrogen-bond acceptors (Lipinski definition) is 15. The van der Waals surface area contributed by atoms with E-state index >= 15 is 0 Å². The molecule has 2 fully saturated rings. The van der Waals surface area contributed by atoms with Gasteiger partial charge in [0.2, 0.25) is 17.5 Å². The summed E-state index contributed by atoms with van der Waals surface area (Å²) in [5, 5.41) is 91.6. The highest BCUT2D eigenvalue weighted by Crippen LogP contribution is 2.37. The number of rotatable bonds is 6. The highest BCUT2D eigenvalue weighted by Gasteiger charge is 2.50. The number of ether oxygens (including phenoxy) is 4. The van der Waals surface area contributed by atoms with E-state index in [4.69, 9.17) is 23.4 Å². The van der Waals surface area contributed by atoms with Gasteiger partial charge in [0, 0.05) is 17.7 Å². The molecule has 5 rings (SSSR count). The molecule has 2 aliphatic heterocycles. The predicted molar refractivity (Wildman–Crippen MR) is 139 cm³/mol. The molecule has 228 valence electrons. The second kappa shape index (κ2) is 11.6. The highest BCUT2D eigenvalue weighted by atomic mass is 16.7. The molecule has 9 N–H and O–H groups in total. The number of phenolic OH excluding ortho intramolecular Hbond substituents is 2. The predicted octanol–water partition coefficient (Wildman–Crippen LogP) is -1.39. The molecule has 0 unspecified atom stereocenters. The van der Waals surface area contributed by atoms with E-state index in [1.165, 1.54) is 37.3 Å². The molecular weight excluding hydrogens is 564 g/mol. The Morgan fingerprint density at radius 2 is 1.52 bits per heavy atom. The van der Waals surface area contributed by atoms with Crippen LogP contribution in [-0.4, -0.2) is 114 Å². The lowest BCUT2D eigenvalue weighted by molar-refractivity contribution is -0.350. The van der Waals surface area contributed by atoms with Crippen molar-refractivity contribution in [2.45, 2.75) is 68.3 Å². The minimum absolute atomic E-state index is 0.0612. The van der Waals surface area contributed by atoms with Crippen LogP contribution in [0.25, 0.3) is 22.3 Å². The molecule has 15 nitrogen and oxygen atoms in total. The number of aromatic hydroxyl groups is 3. The van der Waals surface area contributed by atoms with Crippen molar-refractivity contribution < 1.29 is 69.3 Å². The van der Waals surface area contributed by atoms with Crippen molar-refractivity contribution in [2.75, 3.05) is 6.61 Å². The van der Waals surface area contributed by atoms with Crippen molar-refractivity contribution in [1.82, 2.24) is 0 Å². The van der Waals surface area contributed by atoms with Gasteiger partial charge in [0.05, 0.1) is 12.7 Å². The fraction of sp³-hybridized carbons (Fsp3) is 0.444. The summed E-state index contributed by atoms with van der Waals surface area (Å²) in [6, 6.07) is 7.63. The first-order valence-corrected chi connectivity index (χ1v) is 12.9. The van der Waals surface area contributed by atoms with E-state index in [-0.39, 0.29) is 33.8 Å². The van der Waals surface area contributed by atoms with Gasteiger partial charge in [-0.1, -0.05) is 0 Å². The van der Waals surface area contributed by atoms with Crippen LogP contribution in [0.4, 0.5) is 0 Å². The van der Waals surface area contributed by atoms with Crippen molar-refractivity contribution in [2.24, 2.45) is 0 Å². The molecule has 2 saturated heterocycles. The molecular formula is C27H30O15. The van der Waals surface area contributed by atoms with Gasteiger partial charge in [0.15, 0.2) is 12.1 Å². The molecule has 0 bridgehead atoms. The van der Waals surface area contributed by atoms with E-state index in [0.29, 0.717) is 0 Å². The summed E-state index contributed by atoms with van der Waals surface area (Å²) in [4.78, 5) is 12.8. The summed E-state index contributed by atoms with van der Waals surface area (Å²) in [5.41, 5.74) is -0.900. The number of fused-ring (bicyclic) bond motifs is 1. The van der Waals surface area contributed by atoms with Crippen LogP contribution in [0, 0.1) is 0 Å². The van der Waals surface area contributed by atoms with Gasteiger partial charge in [0.1, 0.15) is 70.9 Å². The van der Waals surface area contributed by atoms with Crippen LogP contribution in [0.5, 0.6) is 23.0 Å². The molecule has 0 spiro atoms. The maximum atomic E-state index is 12.8. The number of phenols is 2.